The minimum absolute atomic E-state index is 0.434. The first-order valence-corrected chi connectivity index (χ1v) is 13.6. The Kier molecular flexibility index (Phi) is 18.9. The van der Waals surface area contributed by atoms with Gasteiger partial charge in [0.15, 0.2) is 0 Å². The second-order valence-electron chi connectivity index (χ2n) is 9.56. The lowest BCUT2D eigenvalue weighted by atomic mass is 10.0. The molecule has 1 fully saturated rings. The second-order valence-corrected chi connectivity index (χ2v) is 9.56. The average Bonchev–Trinajstić information content (AvgIpc) is 2.74. The number of carbonyl (C=O) groups excluding carboxylic acids is 1. The number of nitrogens with zero attached hydrogens (tertiary/aromatic N) is 1. The molecule has 0 bridgehead atoms. The summed E-state index contributed by atoms with van der Waals surface area (Å²) >= 11 is 0. The molecule has 0 atom stereocenters. The van der Waals surface area contributed by atoms with E-state index in [1.54, 1.807) is 0 Å². The Labute approximate surface area is 183 Å². The quantitative estimate of drug-likeness (QED) is 0.263. The minimum atomic E-state index is 0.434. The van der Waals surface area contributed by atoms with Gasteiger partial charge in [-0.25, -0.2) is 0 Å². The van der Waals surface area contributed by atoms with Gasteiger partial charge in [-0.15, -0.1) is 0 Å². The Morgan fingerprint density at radius 1 is 0.552 bits per heavy atom. The molecule has 0 N–H and O–H groups in total. The minimum Gasteiger partial charge on any atom is -0.343 e. The third-order valence-electron chi connectivity index (χ3n) is 6.70. The molecule has 1 aliphatic heterocycles. The van der Waals surface area contributed by atoms with Crippen LogP contribution in [0.4, 0.5) is 0 Å². The summed E-state index contributed by atoms with van der Waals surface area (Å²) in [5.74, 6) is 0.434. The molecule has 0 aromatic heterocycles. The largest absolute Gasteiger partial charge is 0.343 e. The highest BCUT2D eigenvalue weighted by atomic mass is 16.2. The van der Waals surface area contributed by atoms with Crippen molar-refractivity contribution >= 4 is 5.91 Å². The van der Waals surface area contributed by atoms with Crippen molar-refractivity contribution in [3.8, 4) is 0 Å². The van der Waals surface area contributed by atoms with Gasteiger partial charge in [0, 0.05) is 19.5 Å². The molecule has 0 spiro atoms. The molecular formula is C27H53NO. The molecule has 0 aromatic carbocycles. The van der Waals surface area contributed by atoms with Crippen LogP contribution in [0.2, 0.25) is 0 Å². The third kappa shape index (κ3) is 16.9. The maximum atomic E-state index is 12.6. The van der Waals surface area contributed by atoms with Gasteiger partial charge in [-0.2, -0.15) is 0 Å². The first-order valence-electron chi connectivity index (χ1n) is 13.6. The van der Waals surface area contributed by atoms with Gasteiger partial charge in [-0.1, -0.05) is 129 Å². The first-order chi connectivity index (χ1) is 14.3. The Bertz CT molecular complexity index is 354. The van der Waals surface area contributed by atoms with Crippen molar-refractivity contribution in [3.63, 3.8) is 0 Å². The summed E-state index contributed by atoms with van der Waals surface area (Å²) in [5, 5.41) is 0. The van der Waals surface area contributed by atoms with Crippen molar-refractivity contribution in [2.24, 2.45) is 0 Å². The Balaban J connectivity index is 2.01. The van der Waals surface area contributed by atoms with Crippen LogP contribution in [-0.4, -0.2) is 23.9 Å². The predicted octanol–water partition coefficient (Wildman–Crippen LogP) is 8.82. The smallest absolute Gasteiger partial charge is 0.222 e. The van der Waals surface area contributed by atoms with Gasteiger partial charge in [-0.3, -0.25) is 4.79 Å². The second kappa shape index (κ2) is 20.7. The van der Waals surface area contributed by atoms with E-state index in [4.69, 9.17) is 0 Å². The summed E-state index contributed by atoms with van der Waals surface area (Å²) in [6.07, 6.45) is 30.6. The lowest BCUT2D eigenvalue weighted by molar-refractivity contribution is -0.131. The van der Waals surface area contributed by atoms with Crippen molar-refractivity contribution in [1.29, 1.82) is 0 Å². The average molecular weight is 408 g/mol. The number of rotatable bonds is 14. The Morgan fingerprint density at radius 2 is 0.966 bits per heavy atom. The third-order valence-corrected chi connectivity index (χ3v) is 6.70. The van der Waals surface area contributed by atoms with Crippen molar-refractivity contribution in [2.45, 2.75) is 155 Å². The standard InChI is InChI=1S/C27H53NO/c1-2-3-4-5-6-7-8-9-10-13-16-19-22-25-28-26-23-20-17-14-11-12-15-18-21-24-27(28)29/h2-26H2,1H3. The molecule has 0 unspecified atom stereocenters. The monoisotopic (exact) mass is 407 g/mol. The molecular weight excluding hydrogens is 354 g/mol. The number of amides is 1. The van der Waals surface area contributed by atoms with Crippen molar-refractivity contribution < 1.29 is 4.79 Å². The van der Waals surface area contributed by atoms with Crippen LogP contribution in [0.5, 0.6) is 0 Å². The lowest BCUT2D eigenvalue weighted by Crippen LogP contribution is -2.32. The number of hydrogen-bond acceptors (Lipinski definition) is 1. The fraction of sp³-hybridized carbons (Fsp3) is 0.963. The predicted molar refractivity (Wildman–Crippen MR) is 128 cm³/mol. The zero-order valence-corrected chi connectivity index (χ0v) is 20.0. The van der Waals surface area contributed by atoms with Gasteiger partial charge in [0.2, 0.25) is 5.91 Å². The molecule has 0 radical (unpaired) electrons. The summed E-state index contributed by atoms with van der Waals surface area (Å²) < 4.78 is 0. The van der Waals surface area contributed by atoms with E-state index in [2.05, 4.69) is 11.8 Å². The van der Waals surface area contributed by atoms with Gasteiger partial charge in [0.25, 0.3) is 0 Å². The lowest BCUT2D eigenvalue weighted by Gasteiger charge is -2.23. The van der Waals surface area contributed by atoms with Crippen LogP contribution in [0.25, 0.3) is 0 Å². The van der Waals surface area contributed by atoms with Crippen molar-refractivity contribution in [3.05, 3.63) is 0 Å². The summed E-state index contributed by atoms with van der Waals surface area (Å²) in [5.41, 5.74) is 0. The first kappa shape index (κ1) is 26.5. The number of carbonyl (C=O) groups is 1. The molecule has 0 aromatic rings. The van der Waals surface area contributed by atoms with E-state index in [1.165, 1.54) is 135 Å². The Morgan fingerprint density at radius 3 is 1.48 bits per heavy atom. The summed E-state index contributed by atoms with van der Waals surface area (Å²) in [7, 11) is 0. The highest BCUT2D eigenvalue weighted by molar-refractivity contribution is 5.76. The summed E-state index contributed by atoms with van der Waals surface area (Å²) in [6, 6.07) is 0. The molecule has 172 valence electrons. The molecule has 0 aliphatic carbocycles. The number of unbranched alkanes of at least 4 members (excludes halogenated alkanes) is 12. The van der Waals surface area contributed by atoms with Gasteiger partial charge in [0.05, 0.1) is 0 Å². The van der Waals surface area contributed by atoms with Crippen LogP contribution in [0.3, 0.4) is 0 Å². The highest BCUT2D eigenvalue weighted by Gasteiger charge is 2.12. The van der Waals surface area contributed by atoms with E-state index in [9.17, 15) is 4.79 Å². The van der Waals surface area contributed by atoms with Crippen molar-refractivity contribution in [1.82, 2.24) is 4.90 Å². The van der Waals surface area contributed by atoms with Gasteiger partial charge in [0.1, 0.15) is 0 Å². The molecule has 2 nitrogen and oxygen atoms in total. The molecule has 1 rings (SSSR count). The SMILES string of the molecule is CCCCCCCCCCCCCCCN1CCCCCCCCCCCC1=O. The van der Waals surface area contributed by atoms with Gasteiger partial charge < -0.3 is 4.90 Å². The van der Waals surface area contributed by atoms with E-state index >= 15 is 0 Å². The van der Waals surface area contributed by atoms with Crippen LogP contribution >= 0.6 is 0 Å². The molecule has 1 heterocycles. The summed E-state index contributed by atoms with van der Waals surface area (Å²) in [6.45, 7) is 4.31. The van der Waals surface area contributed by atoms with Crippen LogP contribution in [0.1, 0.15) is 155 Å². The van der Waals surface area contributed by atoms with Crippen LogP contribution in [0.15, 0.2) is 0 Å². The normalized spacial score (nSPS) is 17.6. The van der Waals surface area contributed by atoms with E-state index in [0.717, 1.165) is 25.9 Å². The van der Waals surface area contributed by atoms with E-state index in [-0.39, 0.29) is 0 Å². The van der Waals surface area contributed by atoms with E-state index < -0.39 is 0 Å². The summed E-state index contributed by atoms with van der Waals surface area (Å²) in [4.78, 5) is 14.8. The Hall–Kier alpha value is -0.530. The topological polar surface area (TPSA) is 20.3 Å². The highest BCUT2D eigenvalue weighted by Crippen LogP contribution is 2.15. The molecule has 1 saturated heterocycles. The molecule has 1 aliphatic rings. The zero-order valence-electron chi connectivity index (χ0n) is 20.0. The maximum Gasteiger partial charge on any atom is 0.222 e. The van der Waals surface area contributed by atoms with Gasteiger partial charge in [-0.05, 0) is 19.3 Å². The van der Waals surface area contributed by atoms with E-state index in [0.29, 0.717) is 5.91 Å². The molecule has 2 heteroatoms. The zero-order chi connectivity index (χ0) is 20.8. The fourth-order valence-corrected chi connectivity index (χ4v) is 4.66. The van der Waals surface area contributed by atoms with Gasteiger partial charge >= 0.3 is 0 Å². The van der Waals surface area contributed by atoms with E-state index in [1.807, 2.05) is 0 Å². The molecule has 0 saturated carbocycles. The molecule has 29 heavy (non-hydrogen) atoms. The maximum absolute atomic E-state index is 12.6. The fourth-order valence-electron chi connectivity index (χ4n) is 4.66. The van der Waals surface area contributed by atoms with Crippen molar-refractivity contribution in [2.75, 3.05) is 13.1 Å². The molecule has 1 amide bonds. The van der Waals surface area contributed by atoms with Crippen LogP contribution in [0, 0.1) is 0 Å². The van der Waals surface area contributed by atoms with Crippen LogP contribution in [-0.2, 0) is 4.79 Å². The van der Waals surface area contributed by atoms with Crippen LogP contribution < -0.4 is 0 Å². The number of hydrogen-bond donors (Lipinski definition) is 0.